The van der Waals surface area contributed by atoms with Crippen molar-refractivity contribution < 1.29 is 24.2 Å². The quantitative estimate of drug-likeness (QED) is 0.135. The number of carboxylic acid groups (broad SMARTS) is 1. The molecule has 1 amide bonds. The fraction of sp³-hybridized carbons (Fsp3) is 0.147. The highest BCUT2D eigenvalue weighted by Gasteiger charge is 2.35. The first kappa shape index (κ1) is 32.9. The summed E-state index contributed by atoms with van der Waals surface area (Å²) >= 11 is 16.3. The van der Waals surface area contributed by atoms with Crippen LogP contribution in [-0.4, -0.2) is 28.8 Å². The Morgan fingerprint density at radius 1 is 0.978 bits per heavy atom. The van der Waals surface area contributed by atoms with Gasteiger partial charge in [0.1, 0.15) is 6.61 Å². The SMILES string of the molecule is CCOc1cc(/C=C2/SC(=Nc3ccc(C)c(Cl)c3)N(c3ccc(C)c(Cl)c3)C2=O)cc(I)c1OCc1ccc(C(=O)O)cc1. The van der Waals surface area contributed by atoms with E-state index in [0.717, 1.165) is 25.8 Å². The third-order valence-electron chi connectivity index (χ3n) is 6.81. The first-order valence-electron chi connectivity index (χ1n) is 13.8. The van der Waals surface area contributed by atoms with Gasteiger partial charge in [-0.15, -0.1) is 0 Å². The molecule has 7 nitrogen and oxygen atoms in total. The van der Waals surface area contributed by atoms with Gasteiger partial charge in [0.05, 0.1) is 32.0 Å². The van der Waals surface area contributed by atoms with Gasteiger partial charge in [0.2, 0.25) is 0 Å². The largest absolute Gasteiger partial charge is 0.490 e. The van der Waals surface area contributed by atoms with E-state index in [0.29, 0.717) is 49.6 Å². The Kier molecular flexibility index (Phi) is 10.4. The molecule has 0 spiro atoms. The smallest absolute Gasteiger partial charge is 0.335 e. The number of rotatable bonds is 9. The van der Waals surface area contributed by atoms with Crippen molar-refractivity contribution in [1.82, 2.24) is 0 Å². The van der Waals surface area contributed by atoms with Gasteiger partial charge in [0.15, 0.2) is 16.7 Å². The van der Waals surface area contributed by atoms with Crippen molar-refractivity contribution >= 4 is 92.0 Å². The molecule has 0 atom stereocenters. The molecule has 1 saturated heterocycles. The van der Waals surface area contributed by atoms with Crippen LogP contribution in [0.2, 0.25) is 10.0 Å². The summed E-state index contributed by atoms with van der Waals surface area (Å²) < 4.78 is 12.8. The van der Waals surface area contributed by atoms with Gasteiger partial charge in [-0.05, 0) is 132 Å². The van der Waals surface area contributed by atoms with E-state index in [1.54, 1.807) is 47.4 Å². The second-order valence-corrected chi connectivity index (χ2v) is 13.1. The zero-order valence-corrected chi connectivity index (χ0v) is 28.9. The Labute approximate surface area is 289 Å². The highest BCUT2D eigenvalue weighted by atomic mass is 127. The number of nitrogens with zero attached hydrogens (tertiary/aromatic N) is 2. The summed E-state index contributed by atoms with van der Waals surface area (Å²) in [7, 11) is 0. The Morgan fingerprint density at radius 2 is 1.67 bits per heavy atom. The van der Waals surface area contributed by atoms with Crippen LogP contribution in [0.25, 0.3) is 6.08 Å². The maximum atomic E-state index is 13.9. The minimum atomic E-state index is -0.983. The number of halogens is 3. The Balaban J connectivity index is 1.48. The Hall–Kier alpha value is -3.51. The molecule has 5 rings (SSSR count). The topological polar surface area (TPSA) is 88.4 Å². The number of hydrogen-bond donors (Lipinski definition) is 1. The molecule has 11 heteroatoms. The number of amides is 1. The van der Waals surface area contributed by atoms with Crippen LogP contribution in [0, 0.1) is 17.4 Å². The molecule has 230 valence electrons. The van der Waals surface area contributed by atoms with E-state index in [2.05, 4.69) is 22.6 Å². The highest BCUT2D eigenvalue weighted by Crippen LogP contribution is 2.41. The van der Waals surface area contributed by atoms with Crippen LogP contribution in [0.4, 0.5) is 11.4 Å². The van der Waals surface area contributed by atoms with Crippen LogP contribution in [0.1, 0.15) is 39.5 Å². The first-order chi connectivity index (χ1) is 21.5. The number of carboxylic acids is 1. The predicted octanol–water partition coefficient (Wildman–Crippen LogP) is 9.70. The lowest BCUT2D eigenvalue weighted by molar-refractivity contribution is -0.113. The summed E-state index contributed by atoms with van der Waals surface area (Å²) in [5, 5.41) is 10.8. The molecule has 0 aliphatic carbocycles. The van der Waals surface area contributed by atoms with E-state index in [1.807, 2.05) is 57.2 Å². The maximum absolute atomic E-state index is 13.9. The van der Waals surface area contributed by atoms with E-state index < -0.39 is 5.97 Å². The van der Waals surface area contributed by atoms with Crippen molar-refractivity contribution in [3.63, 3.8) is 0 Å². The summed E-state index contributed by atoms with van der Waals surface area (Å²) in [5.74, 6) is -0.140. The van der Waals surface area contributed by atoms with Gasteiger partial charge >= 0.3 is 5.97 Å². The van der Waals surface area contributed by atoms with Gasteiger partial charge in [-0.2, -0.15) is 0 Å². The number of aliphatic imine (C=N–C) groups is 1. The molecule has 0 bridgehead atoms. The molecule has 1 aliphatic heterocycles. The summed E-state index contributed by atoms with van der Waals surface area (Å²) in [6.07, 6.45) is 1.81. The van der Waals surface area contributed by atoms with E-state index >= 15 is 0 Å². The number of anilines is 1. The average molecular weight is 773 g/mol. The summed E-state index contributed by atoms with van der Waals surface area (Å²) in [6.45, 7) is 6.34. The number of benzene rings is 4. The van der Waals surface area contributed by atoms with Crippen molar-refractivity contribution in [2.24, 2.45) is 4.99 Å². The number of carbonyl (C=O) groups excluding carboxylic acids is 1. The third kappa shape index (κ3) is 7.66. The normalized spacial score (nSPS) is 14.8. The van der Waals surface area contributed by atoms with Gasteiger partial charge in [-0.25, -0.2) is 9.79 Å². The second-order valence-electron chi connectivity index (χ2n) is 10.1. The zero-order chi connectivity index (χ0) is 32.2. The van der Waals surface area contributed by atoms with Crippen LogP contribution < -0.4 is 14.4 Å². The predicted molar refractivity (Wildman–Crippen MR) is 191 cm³/mol. The number of aryl methyl sites for hydroxylation is 2. The summed E-state index contributed by atoms with van der Waals surface area (Å²) in [6, 6.07) is 21.2. The molecule has 4 aromatic carbocycles. The monoisotopic (exact) mass is 772 g/mol. The van der Waals surface area contributed by atoms with E-state index in [9.17, 15) is 9.59 Å². The van der Waals surface area contributed by atoms with Crippen LogP contribution in [0.3, 0.4) is 0 Å². The van der Waals surface area contributed by atoms with Gasteiger partial charge < -0.3 is 14.6 Å². The molecule has 0 unspecified atom stereocenters. The number of carbonyl (C=O) groups is 2. The molecule has 0 saturated carbocycles. The van der Waals surface area contributed by atoms with Gasteiger partial charge in [-0.3, -0.25) is 9.69 Å². The first-order valence-corrected chi connectivity index (χ1v) is 16.5. The third-order valence-corrected chi connectivity index (χ3v) is 9.40. The van der Waals surface area contributed by atoms with Crippen molar-refractivity contribution in [1.29, 1.82) is 0 Å². The molecule has 1 fully saturated rings. The number of ether oxygens (including phenoxy) is 2. The number of thioether (sulfide) groups is 1. The van der Waals surface area contributed by atoms with Crippen LogP contribution in [0.15, 0.2) is 82.7 Å². The van der Waals surface area contributed by atoms with Crippen LogP contribution in [0.5, 0.6) is 11.5 Å². The van der Waals surface area contributed by atoms with Gasteiger partial charge in [0, 0.05) is 10.0 Å². The molecule has 0 aromatic heterocycles. The molecule has 0 radical (unpaired) electrons. The van der Waals surface area contributed by atoms with Crippen LogP contribution in [-0.2, 0) is 11.4 Å². The minimum absolute atomic E-state index is 0.208. The van der Waals surface area contributed by atoms with Gasteiger partial charge in [-0.1, -0.05) is 47.5 Å². The lowest BCUT2D eigenvalue weighted by Gasteiger charge is -2.17. The lowest BCUT2D eigenvalue weighted by atomic mass is 10.1. The molecular formula is C34H27Cl2IN2O5S. The Bertz CT molecular complexity index is 1860. The minimum Gasteiger partial charge on any atom is -0.490 e. The van der Waals surface area contributed by atoms with Crippen molar-refractivity contribution in [3.8, 4) is 11.5 Å². The van der Waals surface area contributed by atoms with Crippen LogP contribution >= 0.6 is 57.6 Å². The molecule has 45 heavy (non-hydrogen) atoms. The van der Waals surface area contributed by atoms with Gasteiger partial charge in [0.25, 0.3) is 5.91 Å². The maximum Gasteiger partial charge on any atom is 0.335 e. The second kappa shape index (κ2) is 14.3. The number of amidine groups is 1. The fourth-order valence-electron chi connectivity index (χ4n) is 4.38. The average Bonchev–Trinajstić information content (AvgIpc) is 3.30. The standard InChI is InChI=1S/C34H27Cl2IN2O5S/c1-4-43-29-14-22(13-28(37)31(29)44-18-21-7-9-23(10-8-21)33(41)42)15-30-32(40)39(25-12-6-20(3)27(36)17-25)34(45-30)38-24-11-5-19(2)26(35)16-24/h5-17H,4,18H2,1-3H3,(H,41,42)/b30-15+,38-34?. The summed E-state index contributed by atoms with van der Waals surface area (Å²) in [4.78, 5) is 31.9. The number of aromatic carboxylic acids is 1. The molecular weight excluding hydrogens is 746 g/mol. The highest BCUT2D eigenvalue weighted by molar-refractivity contribution is 14.1. The van der Waals surface area contributed by atoms with E-state index in [-0.39, 0.29) is 18.1 Å². The van der Waals surface area contributed by atoms with Crippen molar-refractivity contribution in [2.45, 2.75) is 27.4 Å². The fourth-order valence-corrected chi connectivity index (χ4v) is 6.52. The molecule has 1 aliphatic rings. The van der Waals surface area contributed by atoms with Crippen molar-refractivity contribution in [2.75, 3.05) is 11.5 Å². The van der Waals surface area contributed by atoms with E-state index in [1.165, 1.54) is 11.8 Å². The number of hydrogen-bond acceptors (Lipinski definition) is 6. The molecule has 1 N–H and O–H groups in total. The Morgan fingerprint density at radius 3 is 2.31 bits per heavy atom. The molecule has 4 aromatic rings. The van der Waals surface area contributed by atoms with E-state index in [4.69, 9.17) is 42.8 Å². The lowest BCUT2D eigenvalue weighted by Crippen LogP contribution is -2.28. The molecule has 1 heterocycles. The summed E-state index contributed by atoms with van der Waals surface area (Å²) in [5.41, 5.74) is 4.83. The zero-order valence-electron chi connectivity index (χ0n) is 24.4. The van der Waals surface area contributed by atoms with Crippen molar-refractivity contribution in [3.05, 3.63) is 119 Å².